The molecule has 0 atom stereocenters. The number of nitrogens with two attached hydrogens (primary N) is 1. The maximum atomic E-state index is 11.2. The first-order chi connectivity index (χ1) is 11.1. The maximum absolute atomic E-state index is 11.2. The molecule has 0 radical (unpaired) electrons. The van der Waals surface area contributed by atoms with Gasteiger partial charge in [0.2, 0.25) is 5.91 Å². The van der Waals surface area contributed by atoms with Gasteiger partial charge in [-0.3, -0.25) is 4.79 Å². The van der Waals surface area contributed by atoms with Crippen LogP contribution in [0.2, 0.25) is 0 Å². The molecular weight excluding hydrogens is 294 g/mol. The molecule has 6 heteroatoms. The van der Waals surface area contributed by atoms with Crippen LogP contribution in [0.15, 0.2) is 36.7 Å². The van der Waals surface area contributed by atoms with Gasteiger partial charge in [-0.2, -0.15) is 0 Å². The van der Waals surface area contributed by atoms with Gasteiger partial charge in [0.25, 0.3) is 0 Å². The second kappa shape index (κ2) is 6.00. The molecule has 118 valence electrons. The summed E-state index contributed by atoms with van der Waals surface area (Å²) in [6.07, 6.45) is 3.68. The Kier molecular flexibility index (Phi) is 3.89. The van der Waals surface area contributed by atoms with Crippen molar-refractivity contribution >= 4 is 16.9 Å². The number of fused-ring (bicyclic) bond motifs is 1. The van der Waals surface area contributed by atoms with Crippen LogP contribution in [0.1, 0.15) is 5.56 Å². The zero-order chi connectivity index (χ0) is 16.4. The number of rotatable bonds is 5. The molecule has 3 rings (SSSR count). The van der Waals surface area contributed by atoms with Crippen LogP contribution in [0.3, 0.4) is 0 Å². The van der Waals surface area contributed by atoms with E-state index in [1.165, 1.54) is 0 Å². The van der Waals surface area contributed by atoms with Gasteiger partial charge in [-0.25, -0.2) is 4.98 Å². The number of benzene rings is 1. The van der Waals surface area contributed by atoms with E-state index in [1.54, 1.807) is 26.6 Å². The number of hydrogen-bond acceptors (Lipinski definition) is 4. The van der Waals surface area contributed by atoms with Crippen molar-refractivity contribution in [3.05, 3.63) is 42.2 Å². The van der Waals surface area contributed by atoms with Gasteiger partial charge in [-0.1, -0.05) is 0 Å². The predicted octanol–water partition coefficient (Wildman–Crippen LogP) is 2.27. The molecule has 0 bridgehead atoms. The normalized spacial score (nSPS) is 10.7. The number of nitrogens with one attached hydrogen (secondary N) is 1. The van der Waals surface area contributed by atoms with Gasteiger partial charge in [0, 0.05) is 28.9 Å². The monoisotopic (exact) mass is 311 g/mol. The topological polar surface area (TPSA) is 90.2 Å². The van der Waals surface area contributed by atoms with Crippen molar-refractivity contribution in [2.45, 2.75) is 6.42 Å². The number of hydrogen-bond donors (Lipinski definition) is 2. The molecular formula is C17H17N3O3. The number of H-pyrrole nitrogens is 1. The van der Waals surface area contributed by atoms with Gasteiger partial charge >= 0.3 is 0 Å². The van der Waals surface area contributed by atoms with E-state index >= 15 is 0 Å². The fraction of sp³-hybridized carbons (Fsp3) is 0.176. The molecule has 2 heterocycles. The van der Waals surface area contributed by atoms with E-state index in [-0.39, 0.29) is 12.3 Å². The zero-order valence-electron chi connectivity index (χ0n) is 12.9. The highest BCUT2D eigenvalue weighted by molar-refractivity contribution is 5.89. The number of primary amides is 1. The van der Waals surface area contributed by atoms with Crippen molar-refractivity contribution in [3.8, 4) is 22.6 Å². The summed E-state index contributed by atoms with van der Waals surface area (Å²) in [5, 5.41) is 0.867. The number of carbonyl (C=O) groups excluding carboxylic acids is 1. The second-order valence-corrected chi connectivity index (χ2v) is 5.14. The van der Waals surface area contributed by atoms with Gasteiger partial charge in [0.15, 0.2) is 0 Å². The Bertz CT molecular complexity index is 871. The minimum absolute atomic E-state index is 0.167. The molecule has 2 aromatic heterocycles. The first-order valence-electron chi connectivity index (χ1n) is 7.09. The van der Waals surface area contributed by atoms with Crippen LogP contribution in [0.4, 0.5) is 0 Å². The third kappa shape index (κ3) is 2.83. The molecule has 23 heavy (non-hydrogen) atoms. The lowest BCUT2D eigenvalue weighted by Crippen LogP contribution is -2.13. The summed E-state index contributed by atoms with van der Waals surface area (Å²) < 4.78 is 10.7. The fourth-order valence-electron chi connectivity index (χ4n) is 2.58. The van der Waals surface area contributed by atoms with Crippen molar-refractivity contribution in [1.82, 2.24) is 9.97 Å². The van der Waals surface area contributed by atoms with E-state index < -0.39 is 0 Å². The largest absolute Gasteiger partial charge is 0.497 e. The van der Waals surface area contributed by atoms with Gasteiger partial charge in [0.05, 0.1) is 20.6 Å². The summed E-state index contributed by atoms with van der Waals surface area (Å²) in [7, 11) is 3.23. The molecule has 6 nitrogen and oxygen atoms in total. The molecule has 0 aliphatic rings. The van der Waals surface area contributed by atoms with Crippen LogP contribution in [0.5, 0.6) is 11.5 Å². The van der Waals surface area contributed by atoms with Crippen LogP contribution in [0, 0.1) is 0 Å². The first-order valence-corrected chi connectivity index (χ1v) is 7.09. The van der Waals surface area contributed by atoms with Crippen molar-refractivity contribution in [2.24, 2.45) is 5.73 Å². The number of aromatic nitrogens is 2. The van der Waals surface area contributed by atoms with Crippen LogP contribution < -0.4 is 15.2 Å². The molecule has 0 saturated heterocycles. The molecule has 0 spiro atoms. The Hall–Kier alpha value is -3.02. The molecule has 3 aromatic rings. The number of aromatic amines is 1. The van der Waals surface area contributed by atoms with Crippen LogP contribution >= 0.6 is 0 Å². The van der Waals surface area contributed by atoms with Crippen molar-refractivity contribution in [1.29, 1.82) is 0 Å². The number of pyridine rings is 1. The van der Waals surface area contributed by atoms with Crippen molar-refractivity contribution in [3.63, 3.8) is 0 Å². The highest BCUT2D eigenvalue weighted by Crippen LogP contribution is 2.34. The highest BCUT2D eigenvalue weighted by atomic mass is 16.5. The summed E-state index contributed by atoms with van der Waals surface area (Å²) in [6.45, 7) is 0. The molecule has 0 unspecified atom stereocenters. The van der Waals surface area contributed by atoms with Crippen LogP contribution in [-0.4, -0.2) is 30.1 Å². The minimum Gasteiger partial charge on any atom is -0.497 e. The Balaban J connectivity index is 2.14. The van der Waals surface area contributed by atoms with E-state index in [2.05, 4.69) is 9.97 Å². The Morgan fingerprint density at radius 1 is 1.26 bits per heavy atom. The maximum Gasteiger partial charge on any atom is 0.221 e. The number of methoxy groups -OCH3 is 2. The van der Waals surface area contributed by atoms with Crippen molar-refractivity contribution < 1.29 is 14.3 Å². The van der Waals surface area contributed by atoms with E-state index in [9.17, 15) is 4.79 Å². The summed E-state index contributed by atoms with van der Waals surface area (Å²) in [5.41, 5.74) is 8.58. The summed E-state index contributed by atoms with van der Waals surface area (Å²) in [6, 6.07) is 7.54. The average Bonchev–Trinajstić information content (AvgIpc) is 2.95. The van der Waals surface area contributed by atoms with E-state index in [4.69, 9.17) is 15.2 Å². The number of carbonyl (C=O) groups is 1. The van der Waals surface area contributed by atoms with Crippen LogP contribution in [-0.2, 0) is 11.2 Å². The number of ether oxygens (including phenoxy) is 2. The minimum atomic E-state index is -0.379. The lowest BCUT2D eigenvalue weighted by atomic mass is 10.0. The first kappa shape index (κ1) is 14.9. The molecule has 1 aromatic carbocycles. The molecule has 0 aliphatic heterocycles. The zero-order valence-corrected chi connectivity index (χ0v) is 12.9. The van der Waals surface area contributed by atoms with Gasteiger partial charge in [-0.05, 0) is 29.8 Å². The fourth-order valence-corrected chi connectivity index (χ4v) is 2.58. The quantitative estimate of drug-likeness (QED) is 0.756. The number of amides is 1. The van der Waals surface area contributed by atoms with E-state index in [0.29, 0.717) is 5.65 Å². The molecule has 3 N–H and O–H groups in total. The molecule has 1 amide bonds. The average molecular weight is 311 g/mol. The lowest BCUT2D eigenvalue weighted by Gasteiger charge is -2.10. The second-order valence-electron chi connectivity index (χ2n) is 5.14. The smallest absolute Gasteiger partial charge is 0.221 e. The molecule has 0 saturated carbocycles. The van der Waals surface area contributed by atoms with E-state index in [0.717, 1.165) is 33.6 Å². The summed E-state index contributed by atoms with van der Waals surface area (Å²) in [5.74, 6) is 1.07. The van der Waals surface area contributed by atoms with E-state index in [1.807, 2.05) is 24.3 Å². The summed E-state index contributed by atoms with van der Waals surface area (Å²) >= 11 is 0. The highest BCUT2D eigenvalue weighted by Gasteiger charge is 2.12. The number of nitrogens with zero attached hydrogens (tertiary/aromatic N) is 1. The molecule has 0 aliphatic carbocycles. The third-order valence-electron chi connectivity index (χ3n) is 3.70. The Labute approximate surface area is 133 Å². The van der Waals surface area contributed by atoms with Gasteiger partial charge in [0.1, 0.15) is 17.1 Å². The molecule has 0 fully saturated rings. The predicted molar refractivity (Wildman–Crippen MR) is 87.5 cm³/mol. The standard InChI is InChI=1S/C17H17N3O3/c1-22-12-3-4-15(23-2)13(7-12)10-5-14-11(6-16(18)21)9-20-17(14)19-8-10/h3-5,7-9H,6H2,1-2H3,(H2,18,21)(H,19,20). The van der Waals surface area contributed by atoms with Gasteiger partial charge < -0.3 is 20.2 Å². The Morgan fingerprint density at radius 2 is 2.09 bits per heavy atom. The third-order valence-corrected chi connectivity index (χ3v) is 3.70. The van der Waals surface area contributed by atoms with Crippen LogP contribution in [0.25, 0.3) is 22.2 Å². The lowest BCUT2D eigenvalue weighted by molar-refractivity contribution is -0.117. The van der Waals surface area contributed by atoms with Gasteiger partial charge in [-0.15, -0.1) is 0 Å². The SMILES string of the molecule is COc1ccc(OC)c(-c2cnc3[nH]cc(CC(N)=O)c3c2)c1. The Morgan fingerprint density at radius 3 is 2.78 bits per heavy atom. The summed E-state index contributed by atoms with van der Waals surface area (Å²) in [4.78, 5) is 18.7. The van der Waals surface area contributed by atoms with Crippen molar-refractivity contribution in [2.75, 3.05) is 14.2 Å².